The van der Waals surface area contributed by atoms with E-state index in [0.717, 1.165) is 5.56 Å². The van der Waals surface area contributed by atoms with Gasteiger partial charge < -0.3 is 19.7 Å². The lowest BCUT2D eigenvalue weighted by Gasteiger charge is -2.42. The maximum absolute atomic E-state index is 16.0. The zero-order chi connectivity index (χ0) is 27.4. The molecule has 5 heterocycles. The van der Waals surface area contributed by atoms with Crippen molar-refractivity contribution in [3.8, 4) is 28.4 Å². The standard InChI is InChI=1S/C29H29F2N5O3/c1-15(2)23-25(16(3)8-9-33-23)36-28-18(26-27(29(36)37)39-14-17-13-32-10-11-35(17)26)12-20(31)24(34-28)22-19(30)6-5-7-21(22)38-4/h5-9,12,15,17,32H,10-11,13-14H2,1-4H3/t17-/m0/s1. The van der Waals surface area contributed by atoms with E-state index in [1.807, 2.05) is 26.8 Å². The van der Waals surface area contributed by atoms with Crippen LogP contribution >= 0.6 is 0 Å². The fraction of sp³-hybridized carbons (Fsp3) is 0.345. The molecule has 0 spiro atoms. The van der Waals surface area contributed by atoms with E-state index in [2.05, 4.69) is 20.2 Å². The minimum absolute atomic E-state index is 0.0227. The first kappa shape index (κ1) is 25.2. The van der Waals surface area contributed by atoms with Crippen LogP contribution in [0.3, 0.4) is 0 Å². The molecular weight excluding hydrogens is 504 g/mol. The number of halogens is 2. The van der Waals surface area contributed by atoms with Gasteiger partial charge in [0.2, 0.25) is 5.75 Å². The van der Waals surface area contributed by atoms with Gasteiger partial charge in [-0.25, -0.2) is 13.8 Å². The van der Waals surface area contributed by atoms with E-state index >= 15 is 8.78 Å². The first-order chi connectivity index (χ1) is 18.8. The van der Waals surface area contributed by atoms with Crippen LogP contribution in [0.4, 0.5) is 14.5 Å². The van der Waals surface area contributed by atoms with E-state index in [1.165, 1.54) is 29.9 Å². The van der Waals surface area contributed by atoms with Gasteiger partial charge in [-0.2, -0.15) is 0 Å². The Hall–Kier alpha value is -4.05. The van der Waals surface area contributed by atoms with Crippen LogP contribution in [-0.2, 0) is 0 Å². The summed E-state index contributed by atoms with van der Waals surface area (Å²) in [6, 6.07) is 7.38. The second kappa shape index (κ2) is 9.60. The number of aromatic nitrogens is 3. The van der Waals surface area contributed by atoms with E-state index in [0.29, 0.717) is 48.7 Å². The second-order valence-corrected chi connectivity index (χ2v) is 10.2. The van der Waals surface area contributed by atoms with Gasteiger partial charge in [-0.1, -0.05) is 19.9 Å². The molecule has 2 aliphatic heterocycles. The summed E-state index contributed by atoms with van der Waals surface area (Å²) in [5, 5.41) is 3.75. The van der Waals surface area contributed by atoms with E-state index in [9.17, 15) is 4.79 Å². The molecule has 1 atom stereocenters. The first-order valence-corrected chi connectivity index (χ1v) is 13.0. The van der Waals surface area contributed by atoms with Gasteiger partial charge in [0.05, 0.1) is 35.8 Å². The van der Waals surface area contributed by atoms with E-state index in [-0.39, 0.29) is 40.4 Å². The highest BCUT2D eigenvalue weighted by atomic mass is 19.1. The van der Waals surface area contributed by atoms with Gasteiger partial charge in [0.25, 0.3) is 0 Å². The quantitative estimate of drug-likeness (QED) is 0.418. The van der Waals surface area contributed by atoms with Gasteiger partial charge in [0, 0.05) is 31.2 Å². The number of methoxy groups -OCH3 is 1. The van der Waals surface area contributed by atoms with Gasteiger partial charge in [-0.15, -0.1) is 0 Å². The molecule has 0 saturated carbocycles. The molecule has 1 saturated heterocycles. The average molecular weight is 534 g/mol. The molecule has 0 unspecified atom stereocenters. The number of ether oxygens (including phenoxy) is 2. The highest BCUT2D eigenvalue weighted by Crippen LogP contribution is 2.42. The molecule has 0 amide bonds. The summed E-state index contributed by atoms with van der Waals surface area (Å²) in [6.07, 6.45) is 1.70. The predicted octanol–water partition coefficient (Wildman–Crippen LogP) is 4.34. The fourth-order valence-electron chi connectivity index (χ4n) is 5.62. The van der Waals surface area contributed by atoms with Crippen molar-refractivity contribution >= 4 is 16.7 Å². The number of hydrogen-bond acceptors (Lipinski definition) is 7. The first-order valence-electron chi connectivity index (χ1n) is 13.0. The van der Waals surface area contributed by atoms with Crippen molar-refractivity contribution in [1.82, 2.24) is 19.9 Å². The Bertz CT molecular complexity index is 1670. The lowest BCUT2D eigenvalue weighted by Crippen LogP contribution is -2.56. The number of rotatable bonds is 4. The summed E-state index contributed by atoms with van der Waals surface area (Å²) >= 11 is 0. The van der Waals surface area contributed by atoms with Crippen LogP contribution in [0.2, 0.25) is 0 Å². The topological polar surface area (TPSA) is 81.5 Å². The molecule has 0 bridgehead atoms. The number of nitrogens with one attached hydrogen (secondary N) is 1. The number of aryl methyl sites for hydroxylation is 1. The monoisotopic (exact) mass is 533 g/mol. The molecule has 10 heteroatoms. The Kier molecular flexibility index (Phi) is 6.22. The normalized spacial score (nSPS) is 16.7. The van der Waals surface area contributed by atoms with Crippen LogP contribution < -0.4 is 25.2 Å². The Morgan fingerprint density at radius 3 is 2.77 bits per heavy atom. The number of nitrogens with zero attached hydrogens (tertiary/aromatic N) is 4. The fourth-order valence-corrected chi connectivity index (χ4v) is 5.62. The summed E-state index contributed by atoms with van der Waals surface area (Å²) in [6.45, 7) is 8.18. The molecule has 0 radical (unpaired) electrons. The summed E-state index contributed by atoms with van der Waals surface area (Å²) in [4.78, 5) is 25.6. The molecule has 1 N–H and O–H groups in total. The molecule has 8 nitrogen and oxygen atoms in total. The molecule has 1 fully saturated rings. The van der Waals surface area contributed by atoms with E-state index < -0.39 is 17.2 Å². The predicted molar refractivity (Wildman–Crippen MR) is 145 cm³/mol. The van der Waals surface area contributed by atoms with Gasteiger partial charge in [-0.3, -0.25) is 14.3 Å². The smallest absolute Gasteiger partial charge is 0.301 e. The van der Waals surface area contributed by atoms with Crippen molar-refractivity contribution in [2.45, 2.75) is 32.7 Å². The number of fused-ring (bicyclic) bond motifs is 5. The van der Waals surface area contributed by atoms with Crippen molar-refractivity contribution in [1.29, 1.82) is 0 Å². The van der Waals surface area contributed by atoms with Crippen molar-refractivity contribution in [2.24, 2.45) is 0 Å². The van der Waals surface area contributed by atoms with Crippen molar-refractivity contribution in [2.75, 3.05) is 38.3 Å². The lowest BCUT2D eigenvalue weighted by atomic mass is 10.0. The van der Waals surface area contributed by atoms with Gasteiger partial charge >= 0.3 is 5.56 Å². The highest BCUT2D eigenvalue weighted by molar-refractivity contribution is 5.96. The minimum Gasteiger partial charge on any atom is -0.496 e. The summed E-state index contributed by atoms with van der Waals surface area (Å²) in [5.74, 6) is -1.15. The van der Waals surface area contributed by atoms with E-state index in [4.69, 9.17) is 9.47 Å². The molecule has 4 aromatic rings. The molecule has 202 valence electrons. The third-order valence-corrected chi connectivity index (χ3v) is 7.45. The van der Waals surface area contributed by atoms with Crippen molar-refractivity contribution in [3.63, 3.8) is 0 Å². The molecule has 1 aromatic carbocycles. The highest BCUT2D eigenvalue weighted by Gasteiger charge is 2.36. The lowest BCUT2D eigenvalue weighted by molar-refractivity contribution is 0.244. The number of hydrogen-bond donors (Lipinski definition) is 1. The van der Waals surface area contributed by atoms with Gasteiger partial charge in [0.1, 0.15) is 23.9 Å². The summed E-state index contributed by atoms with van der Waals surface area (Å²) < 4.78 is 44.0. The zero-order valence-electron chi connectivity index (χ0n) is 22.2. The number of benzene rings is 1. The number of piperazine rings is 1. The van der Waals surface area contributed by atoms with Crippen LogP contribution in [0, 0.1) is 18.6 Å². The average Bonchev–Trinajstić information content (AvgIpc) is 2.93. The summed E-state index contributed by atoms with van der Waals surface area (Å²) in [7, 11) is 1.39. The minimum atomic E-state index is -0.734. The van der Waals surface area contributed by atoms with Gasteiger partial charge in [0.15, 0.2) is 11.5 Å². The van der Waals surface area contributed by atoms with Crippen LogP contribution in [0.25, 0.3) is 28.0 Å². The van der Waals surface area contributed by atoms with Crippen LogP contribution in [-0.4, -0.2) is 53.9 Å². The van der Waals surface area contributed by atoms with Crippen LogP contribution in [0.15, 0.2) is 41.3 Å². The maximum atomic E-state index is 16.0. The molecule has 2 aliphatic rings. The van der Waals surface area contributed by atoms with E-state index in [1.54, 1.807) is 12.3 Å². The van der Waals surface area contributed by atoms with Crippen molar-refractivity contribution < 1.29 is 18.3 Å². The third kappa shape index (κ3) is 3.93. The SMILES string of the molecule is COc1cccc(F)c1-c1nc2c(cc1F)c1c(c(=O)n2-c2c(C)ccnc2C(C)C)OC[C@@H]2CNCCN12. The second-order valence-electron chi connectivity index (χ2n) is 10.2. The third-order valence-electron chi connectivity index (χ3n) is 7.45. The molecular formula is C29H29F2N5O3. The molecule has 3 aromatic heterocycles. The molecule has 0 aliphatic carbocycles. The van der Waals surface area contributed by atoms with Gasteiger partial charge in [-0.05, 0) is 42.7 Å². The largest absolute Gasteiger partial charge is 0.496 e. The zero-order valence-corrected chi connectivity index (χ0v) is 22.2. The number of anilines is 1. The molecule has 39 heavy (non-hydrogen) atoms. The Balaban J connectivity index is 1.77. The van der Waals surface area contributed by atoms with Crippen LogP contribution in [0.5, 0.6) is 11.5 Å². The van der Waals surface area contributed by atoms with Crippen molar-refractivity contribution in [3.05, 3.63) is 69.8 Å². The Morgan fingerprint density at radius 2 is 2.00 bits per heavy atom. The maximum Gasteiger partial charge on any atom is 0.301 e. The number of pyridine rings is 3. The summed E-state index contributed by atoms with van der Waals surface area (Å²) in [5.41, 5.74) is 1.97. The molecule has 6 rings (SSSR count). The Labute approximate surface area is 224 Å². The van der Waals surface area contributed by atoms with Crippen LogP contribution in [0.1, 0.15) is 31.0 Å². The Morgan fingerprint density at radius 1 is 1.18 bits per heavy atom.